The molecule has 0 spiro atoms. The van der Waals surface area contributed by atoms with Crippen molar-refractivity contribution in [2.75, 3.05) is 24.6 Å². The zero-order chi connectivity index (χ0) is 22.4. The third-order valence-corrected chi connectivity index (χ3v) is 6.88. The Morgan fingerprint density at radius 3 is 2.55 bits per heavy atom. The average molecular weight is 445 g/mol. The van der Waals surface area contributed by atoms with E-state index in [1.165, 1.54) is 6.07 Å². The fraction of sp³-hybridized carbons (Fsp3) is 0.391. The molecule has 2 aromatic rings. The predicted octanol–water partition coefficient (Wildman–Crippen LogP) is 2.82. The molecular formula is C23H28N2O5S. The van der Waals surface area contributed by atoms with Gasteiger partial charge in [-0.2, -0.15) is 0 Å². The van der Waals surface area contributed by atoms with Gasteiger partial charge in [0, 0.05) is 25.2 Å². The number of hydrogen-bond donors (Lipinski definition) is 1. The van der Waals surface area contributed by atoms with Crippen LogP contribution in [0.5, 0.6) is 0 Å². The Morgan fingerprint density at radius 2 is 1.94 bits per heavy atom. The molecular weight excluding hydrogens is 416 g/mol. The number of sulfonamides is 1. The average Bonchev–Trinajstić information content (AvgIpc) is 3.17. The highest BCUT2D eigenvalue weighted by Crippen LogP contribution is 2.26. The largest absolute Gasteiger partial charge is 0.466 e. The molecule has 0 aromatic heterocycles. The summed E-state index contributed by atoms with van der Waals surface area (Å²) in [6.45, 7) is 4.22. The van der Waals surface area contributed by atoms with Gasteiger partial charge in [-0.3, -0.25) is 9.59 Å². The highest BCUT2D eigenvalue weighted by atomic mass is 32.2. The van der Waals surface area contributed by atoms with Crippen LogP contribution in [0, 0.1) is 12.8 Å². The first-order valence-electron chi connectivity index (χ1n) is 10.4. The molecule has 8 heteroatoms. The molecule has 1 atom stereocenters. The van der Waals surface area contributed by atoms with Gasteiger partial charge in [-0.25, -0.2) is 13.1 Å². The minimum absolute atomic E-state index is 0.0475. The number of ether oxygens (including phenoxy) is 1. The summed E-state index contributed by atoms with van der Waals surface area (Å²) in [5.74, 6) is -1.03. The SMILES string of the molecule is CCOC(=O)C(CNS(=O)(=O)c1ccc(N2CCCC2=O)cc1C)Cc1ccccc1. The fourth-order valence-corrected chi connectivity index (χ4v) is 5.02. The number of rotatable bonds is 9. The molecule has 1 fully saturated rings. The van der Waals surface area contributed by atoms with E-state index in [0.717, 1.165) is 12.0 Å². The van der Waals surface area contributed by atoms with Crippen molar-refractivity contribution in [1.82, 2.24) is 4.72 Å². The summed E-state index contributed by atoms with van der Waals surface area (Å²) in [5, 5.41) is 0. The third kappa shape index (κ3) is 5.71. The molecule has 0 radical (unpaired) electrons. The monoisotopic (exact) mass is 444 g/mol. The van der Waals surface area contributed by atoms with Crippen LogP contribution in [0.2, 0.25) is 0 Å². The molecule has 2 aromatic carbocycles. The number of carbonyl (C=O) groups is 2. The zero-order valence-electron chi connectivity index (χ0n) is 17.8. The quantitative estimate of drug-likeness (QED) is 0.601. The second-order valence-corrected chi connectivity index (χ2v) is 9.32. The second kappa shape index (κ2) is 10.1. The lowest BCUT2D eigenvalue weighted by Gasteiger charge is -2.19. The van der Waals surface area contributed by atoms with Gasteiger partial charge in [-0.1, -0.05) is 30.3 Å². The summed E-state index contributed by atoms with van der Waals surface area (Å²) in [7, 11) is -3.84. The summed E-state index contributed by atoms with van der Waals surface area (Å²) in [5.41, 5.74) is 2.17. The molecule has 1 saturated heterocycles. The molecule has 1 amide bonds. The van der Waals surface area contributed by atoms with Crippen LogP contribution in [0.25, 0.3) is 0 Å². The van der Waals surface area contributed by atoms with Crippen molar-refractivity contribution in [2.24, 2.45) is 5.92 Å². The van der Waals surface area contributed by atoms with Crippen LogP contribution in [0.15, 0.2) is 53.4 Å². The Balaban J connectivity index is 1.74. The van der Waals surface area contributed by atoms with Crippen LogP contribution in [-0.2, 0) is 30.8 Å². The molecule has 0 bridgehead atoms. The van der Waals surface area contributed by atoms with E-state index in [1.54, 1.807) is 30.9 Å². The van der Waals surface area contributed by atoms with E-state index >= 15 is 0 Å². The molecule has 31 heavy (non-hydrogen) atoms. The number of aryl methyl sites for hydroxylation is 1. The fourth-order valence-electron chi connectivity index (χ4n) is 3.71. The maximum absolute atomic E-state index is 12.9. The summed E-state index contributed by atoms with van der Waals surface area (Å²) in [6.07, 6.45) is 1.69. The number of nitrogens with zero attached hydrogens (tertiary/aromatic N) is 1. The van der Waals surface area contributed by atoms with E-state index in [4.69, 9.17) is 4.74 Å². The molecule has 0 aliphatic carbocycles. The molecule has 1 heterocycles. The van der Waals surface area contributed by atoms with Crippen molar-refractivity contribution >= 4 is 27.6 Å². The lowest BCUT2D eigenvalue weighted by Crippen LogP contribution is -2.35. The van der Waals surface area contributed by atoms with Gasteiger partial charge in [0.2, 0.25) is 15.9 Å². The van der Waals surface area contributed by atoms with E-state index < -0.39 is 21.9 Å². The summed E-state index contributed by atoms with van der Waals surface area (Å²) < 4.78 is 33.6. The Kier molecular flexibility index (Phi) is 7.46. The van der Waals surface area contributed by atoms with Crippen LogP contribution < -0.4 is 9.62 Å². The first-order valence-corrected chi connectivity index (χ1v) is 11.9. The normalized spacial score (nSPS) is 15.2. The summed E-state index contributed by atoms with van der Waals surface area (Å²) in [6, 6.07) is 14.3. The van der Waals surface area contributed by atoms with Crippen LogP contribution in [0.4, 0.5) is 5.69 Å². The molecule has 7 nitrogen and oxygen atoms in total. The Morgan fingerprint density at radius 1 is 1.19 bits per heavy atom. The van der Waals surface area contributed by atoms with Gasteiger partial charge in [0.15, 0.2) is 0 Å². The van der Waals surface area contributed by atoms with Gasteiger partial charge in [-0.05, 0) is 56.0 Å². The van der Waals surface area contributed by atoms with Crippen molar-refractivity contribution in [3.05, 3.63) is 59.7 Å². The predicted molar refractivity (Wildman–Crippen MR) is 118 cm³/mol. The van der Waals surface area contributed by atoms with Gasteiger partial charge in [0.05, 0.1) is 17.4 Å². The smallest absolute Gasteiger partial charge is 0.310 e. The molecule has 1 aliphatic rings. The molecule has 1 aliphatic heterocycles. The minimum Gasteiger partial charge on any atom is -0.466 e. The zero-order valence-corrected chi connectivity index (χ0v) is 18.7. The van der Waals surface area contributed by atoms with E-state index in [1.807, 2.05) is 30.3 Å². The van der Waals surface area contributed by atoms with Crippen LogP contribution in [0.3, 0.4) is 0 Å². The Labute approximate surface area is 183 Å². The number of carbonyl (C=O) groups excluding carboxylic acids is 2. The maximum atomic E-state index is 12.9. The van der Waals surface area contributed by atoms with E-state index in [0.29, 0.717) is 30.6 Å². The van der Waals surface area contributed by atoms with Crippen molar-refractivity contribution < 1.29 is 22.7 Å². The van der Waals surface area contributed by atoms with Gasteiger partial charge in [0.1, 0.15) is 0 Å². The van der Waals surface area contributed by atoms with Crippen molar-refractivity contribution in [3.8, 4) is 0 Å². The van der Waals surface area contributed by atoms with Crippen LogP contribution >= 0.6 is 0 Å². The van der Waals surface area contributed by atoms with Crippen LogP contribution in [-0.4, -0.2) is 40.0 Å². The highest BCUT2D eigenvalue weighted by Gasteiger charge is 2.26. The van der Waals surface area contributed by atoms with E-state index in [2.05, 4.69) is 4.72 Å². The van der Waals surface area contributed by atoms with Gasteiger partial charge >= 0.3 is 5.97 Å². The lowest BCUT2D eigenvalue weighted by atomic mass is 10.00. The molecule has 1 N–H and O–H groups in total. The molecule has 0 saturated carbocycles. The Hall–Kier alpha value is -2.71. The first-order chi connectivity index (χ1) is 14.8. The maximum Gasteiger partial charge on any atom is 0.310 e. The first kappa shape index (κ1) is 23.0. The third-order valence-electron chi connectivity index (χ3n) is 5.30. The molecule has 1 unspecified atom stereocenters. The topological polar surface area (TPSA) is 92.8 Å². The van der Waals surface area contributed by atoms with E-state index in [-0.39, 0.29) is 24.0 Å². The van der Waals surface area contributed by atoms with Crippen LogP contribution in [0.1, 0.15) is 30.9 Å². The number of esters is 1. The standard InChI is InChI=1S/C23H28N2O5S/c1-3-30-23(27)19(15-18-8-5-4-6-9-18)16-24-31(28,29)21-12-11-20(14-17(21)2)25-13-7-10-22(25)26/h4-6,8-9,11-12,14,19,24H,3,7,10,13,15-16H2,1-2H3. The lowest BCUT2D eigenvalue weighted by molar-refractivity contribution is -0.147. The number of hydrogen-bond acceptors (Lipinski definition) is 5. The summed E-state index contributed by atoms with van der Waals surface area (Å²) >= 11 is 0. The number of nitrogens with one attached hydrogen (secondary N) is 1. The number of amides is 1. The number of benzene rings is 2. The molecule has 3 rings (SSSR count). The summed E-state index contributed by atoms with van der Waals surface area (Å²) in [4.78, 5) is 26.2. The molecule has 166 valence electrons. The van der Waals surface area contributed by atoms with Gasteiger partial charge in [-0.15, -0.1) is 0 Å². The van der Waals surface area contributed by atoms with Crippen molar-refractivity contribution in [3.63, 3.8) is 0 Å². The van der Waals surface area contributed by atoms with Gasteiger partial charge in [0.25, 0.3) is 0 Å². The van der Waals surface area contributed by atoms with E-state index in [9.17, 15) is 18.0 Å². The number of anilines is 1. The Bertz CT molecular complexity index is 1040. The van der Waals surface area contributed by atoms with Gasteiger partial charge < -0.3 is 9.64 Å². The van der Waals surface area contributed by atoms with Crippen molar-refractivity contribution in [2.45, 2.75) is 38.0 Å². The second-order valence-electron chi connectivity index (χ2n) is 7.59. The highest BCUT2D eigenvalue weighted by molar-refractivity contribution is 7.89. The van der Waals surface area contributed by atoms with Crippen molar-refractivity contribution in [1.29, 1.82) is 0 Å². The minimum atomic E-state index is -3.84.